The Kier molecular flexibility index (Phi) is 2.91. The van der Waals surface area contributed by atoms with Crippen molar-refractivity contribution in [1.29, 1.82) is 0 Å². The molecule has 1 fully saturated rings. The zero-order valence-corrected chi connectivity index (χ0v) is 8.87. The lowest BCUT2D eigenvalue weighted by atomic mass is 9.96. The predicted octanol–water partition coefficient (Wildman–Crippen LogP) is 2.43. The molecular weight excluding hydrogens is 193 g/mol. The van der Waals surface area contributed by atoms with Gasteiger partial charge < -0.3 is 10.5 Å². The van der Waals surface area contributed by atoms with E-state index in [0.717, 1.165) is 24.8 Å². The van der Waals surface area contributed by atoms with E-state index in [-0.39, 0.29) is 17.8 Å². The highest BCUT2D eigenvalue weighted by Gasteiger charge is 2.26. The van der Waals surface area contributed by atoms with E-state index in [1.807, 2.05) is 12.1 Å². The van der Waals surface area contributed by atoms with Crippen molar-refractivity contribution in [1.82, 2.24) is 0 Å². The lowest BCUT2D eigenvalue weighted by Gasteiger charge is -2.13. The van der Waals surface area contributed by atoms with E-state index in [0.29, 0.717) is 5.75 Å². The van der Waals surface area contributed by atoms with Crippen LogP contribution >= 0.6 is 0 Å². The van der Waals surface area contributed by atoms with Crippen LogP contribution in [0.15, 0.2) is 18.2 Å². The van der Waals surface area contributed by atoms with E-state index in [4.69, 9.17) is 10.5 Å². The van der Waals surface area contributed by atoms with Crippen molar-refractivity contribution >= 4 is 0 Å². The van der Waals surface area contributed by atoms with Crippen molar-refractivity contribution in [2.24, 2.45) is 5.73 Å². The maximum atomic E-state index is 13.9. The minimum Gasteiger partial charge on any atom is -0.494 e. The van der Waals surface area contributed by atoms with Crippen molar-refractivity contribution in [2.45, 2.75) is 31.2 Å². The molecule has 2 atom stereocenters. The van der Waals surface area contributed by atoms with Gasteiger partial charge in [0, 0.05) is 6.04 Å². The molecule has 0 aromatic heterocycles. The maximum Gasteiger partial charge on any atom is 0.168 e. The Hall–Kier alpha value is -1.09. The number of nitrogens with two attached hydrogens (primary N) is 1. The van der Waals surface area contributed by atoms with Gasteiger partial charge in [-0.25, -0.2) is 4.39 Å². The van der Waals surface area contributed by atoms with Gasteiger partial charge in [0.1, 0.15) is 0 Å². The van der Waals surface area contributed by atoms with Crippen LogP contribution < -0.4 is 10.5 Å². The van der Waals surface area contributed by atoms with E-state index in [9.17, 15) is 4.39 Å². The third-order valence-electron chi connectivity index (χ3n) is 3.13. The van der Waals surface area contributed by atoms with E-state index in [2.05, 4.69) is 0 Å². The van der Waals surface area contributed by atoms with Crippen molar-refractivity contribution in [3.8, 4) is 5.75 Å². The Balaban J connectivity index is 2.28. The second-order valence-corrected chi connectivity index (χ2v) is 4.13. The van der Waals surface area contributed by atoms with Crippen molar-refractivity contribution in [2.75, 3.05) is 7.11 Å². The van der Waals surface area contributed by atoms with Crippen LogP contribution in [0.4, 0.5) is 4.39 Å². The van der Waals surface area contributed by atoms with Crippen LogP contribution in [0.1, 0.15) is 30.7 Å². The monoisotopic (exact) mass is 209 g/mol. The zero-order valence-electron chi connectivity index (χ0n) is 8.87. The lowest BCUT2D eigenvalue weighted by molar-refractivity contribution is 0.382. The van der Waals surface area contributed by atoms with Crippen LogP contribution in [0.5, 0.6) is 5.75 Å². The first-order chi connectivity index (χ1) is 7.22. The minimum absolute atomic E-state index is 0.223. The zero-order chi connectivity index (χ0) is 10.8. The van der Waals surface area contributed by atoms with Crippen LogP contribution in [-0.4, -0.2) is 13.2 Å². The molecule has 0 radical (unpaired) electrons. The van der Waals surface area contributed by atoms with Gasteiger partial charge in [-0.2, -0.15) is 0 Å². The summed E-state index contributed by atoms with van der Waals surface area (Å²) in [5, 5.41) is 0. The van der Waals surface area contributed by atoms with E-state index in [1.54, 1.807) is 6.07 Å². The van der Waals surface area contributed by atoms with Gasteiger partial charge in [0.15, 0.2) is 11.6 Å². The van der Waals surface area contributed by atoms with Gasteiger partial charge in [0.2, 0.25) is 0 Å². The van der Waals surface area contributed by atoms with Gasteiger partial charge in [-0.05, 0) is 36.8 Å². The highest BCUT2D eigenvalue weighted by molar-refractivity contribution is 5.33. The van der Waals surface area contributed by atoms with Gasteiger partial charge in [-0.3, -0.25) is 0 Å². The second kappa shape index (κ2) is 4.19. The molecule has 15 heavy (non-hydrogen) atoms. The molecule has 3 heteroatoms. The summed E-state index contributed by atoms with van der Waals surface area (Å²) in [4.78, 5) is 0. The molecule has 2 unspecified atom stereocenters. The number of rotatable bonds is 2. The maximum absolute atomic E-state index is 13.9. The summed E-state index contributed by atoms with van der Waals surface area (Å²) in [5.41, 5.74) is 6.58. The van der Waals surface area contributed by atoms with Gasteiger partial charge in [0.05, 0.1) is 7.11 Å². The molecule has 0 bridgehead atoms. The molecule has 1 aliphatic carbocycles. The van der Waals surface area contributed by atoms with Gasteiger partial charge in [0.25, 0.3) is 0 Å². The summed E-state index contributed by atoms with van der Waals surface area (Å²) < 4.78 is 18.9. The Bertz CT molecular complexity index is 353. The van der Waals surface area contributed by atoms with Crippen LogP contribution in [0.2, 0.25) is 0 Å². The third kappa shape index (κ3) is 1.97. The third-order valence-corrected chi connectivity index (χ3v) is 3.13. The Morgan fingerprint density at radius 2 is 2.20 bits per heavy atom. The minimum atomic E-state index is -0.223. The van der Waals surface area contributed by atoms with Crippen LogP contribution in [-0.2, 0) is 0 Å². The fraction of sp³-hybridized carbons (Fsp3) is 0.500. The number of hydrogen-bond acceptors (Lipinski definition) is 2. The standard InChI is InChI=1S/C12H16FNO/c1-15-11-4-2-3-10(12(11)13)8-5-6-9(14)7-8/h2-4,8-9H,5-7,14H2,1H3. The molecule has 82 valence electrons. The number of hydrogen-bond donors (Lipinski definition) is 1. The van der Waals surface area contributed by atoms with Crippen molar-refractivity contribution < 1.29 is 9.13 Å². The molecule has 0 spiro atoms. The Morgan fingerprint density at radius 1 is 1.40 bits per heavy atom. The van der Waals surface area contributed by atoms with Crippen molar-refractivity contribution in [3.63, 3.8) is 0 Å². The van der Waals surface area contributed by atoms with Crippen LogP contribution in [0.3, 0.4) is 0 Å². The molecule has 2 nitrogen and oxygen atoms in total. The number of benzene rings is 1. The lowest BCUT2D eigenvalue weighted by Crippen LogP contribution is -2.14. The molecule has 0 saturated heterocycles. The van der Waals surface area contributed by atoms with Crippen molar-refractivity contribution in [3.05, 3.63) is 29.6 Å². The summed E-state index contributed by atoms with van der Waals surface area (Å²) in [5.74, 6) is 0.363. The van der Waals surface area contributed by atoms with E-state index in [1.165, 1.54) is 7.11 Å². The first-order valence-corrected chi connectivity index (χ1v) is 5.30. The molecule has 0 amide bonds. The fourth-order valence-electron chi connectivity index (χ4n) is 2.30. The first kappa shape index (κ1) is 10.4. The molecule has 1 aromatic carbocycles. The highest BCUT2D eigenvalue weighted by atomic mass is 19.1. The average Bonchev–Trinajstić information content (AvgIpc) is 2.65. The fourth-order valence-corrected chi connectivity index (χ4v) is 2.30. The summed E-state index contributed by atoms with van der Waals surface area (Å²) in [6, 6.07) is 5.54. The van der Waals surface area contributed by atoms with E-state index < -0.39 is 0 Å². The van der Waals surface area contributed by atoms with Gasteiger partial charge in [-0.1, -0.05) is 12.1 Å². The molecular formula is C12H16FNO. The molecule has 2 rings (SSSR count). The SMILES string of the molecule is COc1cccc(C2CCC(N)C2)c1F. The molecule has 1 aromatic rings. The van der Waals surface area contributed by atoms with E-state index >= 15 is 0 Å². The normalized spacial score (nSPS) is 25.5. The number of methoxy groups -OCH3 is 1. The molecule has 1 saturated carbocycles. The summed E-state index contributed by atoms with van der Waals surface area (Å²) in [7, 11) is 1.49. The van der Waals surface area contributed by atoms with Gasteiger partial charge in [-0.15, -0.1) is 0 Å². The topological polar surface area (TPSA) is 35.2 Å². The predicted molar refractivity (Wildman–Crippen MR) is 57.5 cm³/mol. The van der Waals surface area contributed by atoms with Crippen LogP contribution in [0, 0.1) is 5.82 Å². The number of halogens is 1. The highest BCUT2D eigenvalue weighted by Crippen LogP contribution is 2.36. The van der Waals surface area contributed by atoms with Gasteiger partial charge >= 0.3 is 0 Å². The van der Waals surface area contributed by atoms with Crippen LogP contribution in [0.25, 0.3) is 0 Å². The summed E-state index contributed by atoms with van der Waals surface area (Å²) >= 11 is 0. The molecule has 0 aliphatic heterocycles. The largest absolute Gasteiger partial charge is 0.494 e. The average molecular weight is 209 g/mol. The quantitative estimate of drug-likeness (QED) is 0.811. The Morgan fingerprint density at radius 3 is 2.80 bits per heavy atom. The molecule has 0 heterocycles. The second-order valence-electron chi connectivity index (χ2n) is 4.13. The molecule has 2 N–H and O–H groups in total. The molecule has 1 aliphatic rings. The smallest absolute Gasteiger partial charge is 0.168 e. The Labute approximate surface area is 89.2 Å². The first-order valence-electron chi connectivity index (χ1n) is 5.30. The summed E-state index contributed by atoms with van der Waals surface area (Å²) in [6.45, 7) is 0. The number of ether oxygens (including phenoxy) is 1. The summed E-state index contributed by atoms with van der Waals surface area (Å²) in [6.07, 6.45) is 2.84.